The van der Waals surface area contributed by atoms with E-state index in [0.717, 1.165) is 19.3 Å². The van der Waals surface area contributed by atoms with Gasteiger partial charge in [0.05, 0.1) is 12.8 Å². The molecule has 1 aromatic rings. The third-order valence-electron chi connectivity index (χ3n) is 5.25. The zero-order valence-corrected chi connectivity index (χ0v) is 15.2. The van der Waals surface area contributed by atoms with Crippen LogP contribution < -0.4 is 5.32 Å². The number of methoxy groups -OCH3 is 1. The predicted octanol–water partition coefficient (Wildman–Crippen LogP) is 2.53. The number of amides is 2. The highest BCUT2D eigenvalue weighted by molar-refractivity contribution is 5.92. The molecule has 0 bridgehead atoms. The van der Waals surface area contributed by atoms with Gasteiger partial charge in [0.2, 0.25) is 5.76 Å². The minimum atomic E-state index is -0.282. The Bertz CT molecular complexity index is 630. The topological polar surface area (TPSA) is 84.7 Å². The molecule has 1 saturated heterocycles. The van der Waals surface area contributed by atoms with Crippen LogP contribution in [-0.4, -0.2) is 48.1 Å². The average Bonchev–Trinajstić information content (AvgIpc) is 3.34. The van der Waals surface area contributed by atoms with Gasteiger partial charge in [-0.2, -0.15) is 0 Å². The molecule has 1 atom stereocenters. The van der Waals surface area contributed by atoms with Crippen LogP contribution in [0.25, 0.3) is 0 Å². The second-order valence-corrected chi connectivity index (χ2v) is 7.23. The van der Waals surface area contributed by atoms with E-state index in [2.05, 4.69) is 10.3 Å². The molecule has 0 spiro atoms. The summed E-state index contributed by atoms with van der Waals surface area (Å²) in [4.78, 5) is 30.2. The van der Waals surface area contributed by atoms with Crippen LogP contribution in [0.5, 0.6) is 0 Å². The average molecular weight is 349 g/mol. The van der Waals surface area contributed by atoms with E-state index in [1.54, 1.807) is 4.90 Å². The lowest BCUT2D eigenvalue weighted by atomic mass is 9.90. The third kappa shape index (κ3) is 4.32. The summed E-state index contributed by atoms with van der Waals surface area (Å²) in [6.07, 6.45) is 4.69. The number of likely N-dealkylation sites (tertiary alicyclic amines) is 1. The molecule has 1 aromatic heterocycles. The Morgan fingerprint density at radius 1 is 1.32 bits per heavy atom. The van der Waals surface area contributed by atoms with Crippen LogP contribution in [0.2, 0.25) is 0 Å². The van der Waals surface area contributed by atoms with Crippen molar-refractivity contribution in [1.29, 1.82) is 0 Å². The number of aromatic nitrogens is 1. The van der Waals surface area contributed by atoms with E-state index in [1.165, 1.54) is 20.0 Å². The molecule has 2 aliphatic rings. The van der Waals surface area contributed by atoms with E-state index in [0.29, 0.717) is 42.3 Å². The highest BCUT2D eigenvalue weighted by Gasteiger charge is 2.29. The van der Waals surface area contributed by atoms with Crippen LogP contribution in [0.3, 0.4) is 0 Å². The summed E-state index contributed by atoms with van der Waals surface area (Å²) in [7, 11) is 1.40. The Morgan fingerprint density at radius 3 is 2.60 bits per heavy atom. The summed E-state index contributed by atoms with van der Waals surface area (Å²) in [5.41, 5.74) is 0.654. The van der Waals surface area contributed by atoms with Crippen molar-refractivity contribution in [2.75, 3.05) is 20.2 Å². The largest absolute Gasteiger partial charge is 0.453 e. The summed E-state index contributed by atoms with van der Waals surface area (Å²) in [5.74, 6) is 1.81. The molecule has 0 radical (unpaired) electrons. The quantitative estimate of drug-likeness (QED) is 0.883. The number of oxazole rings is 1. The van der Waals surface area contributed by atoms with E-state index in [-0.39, 0.29) is 18.0 Å². The van der Waals surface area contributed by atoms with Crippen molar-refractivity contribution in [2.24, 2.45) is 11.8 Å². The number of hydrogen-bond donors (Lipinski definition) is 1. The molecule has 1 aliphatic heterocycles. The van der Waals surface area contributed by atoms with Crippen LogP contribution in [-0.2, 0) is 11.2 Å². The monoisotopic (exact) mass is 349 g/mol. The summed E-state index contributed by atoms with van der Waals surface area (Å²) in [6.45, 7) is 5.14. The van der Waals surface area contributed by atoms with Crippen molar-refractivity contribution in [3.05, 3.63) is 17.3 Å². The summed E-state index contributed by atoms with van der Waals surface area (Å²) >= 11 is 0. The molecule has 2 fully saturated rings. The van der Waals surface area contributed by atoms with Gasteiger partial charge >= 0.3 is 6.09 Å². The molecule has 1 saturated carbocycles. The van der Waals surface area contributed by atoms with Gasteiger partial charge in [-0.1, -0.05) is 0 Å². The first-order valence-electron chi connectivity index (χ1n) is 9.08. The van der Waals surface area contributed by atoms with Gasteiger partial charge in [0.25, 0.3) is 5.91 Å². The second kappa shape index (κ2) is 7.45. The van der Waals surface area contributed by atoms with E-state index >= 15 is 0 Å². The lowest BCUT2D eigenvalue weighted by molar-refractivity contribution is 0.0843. The smallest absolute Gasteiger partial charge is 0.409 e. The molecule has 25 heavy (non-hydrogen) atoms. The van der Waals surface area contributed by atoms with Crippen LogP contribution in [0.1, 0.15) is 54.7 Å². The normalized spacial score (nSPS) is 19.6. The maximum atomic E-state index is 12.5. The summed E-state index contributed by atoms with van der Waals surface area (Å²) in [6, 6.07) is 0.0173. The number of piperidine rings is 1. The van der Waals surface area contributed by atoms with Crippen LogP contribution in [0.15, 0.2) is 4.42 Å². The molecule has 2 amide bonds. The molecular formula is C18H27N3O4. The van der Waals surface area contributed by atoms with Gasteiger partial charge in [-0.05, 0) is 51.4 Å². The van der Waals surface area contributed by atoms with E-state index in [1.807, 2.05) is 13.8 Å². The summed E-state index contributed by atoms with van der Waals surface area (Å²) < 4.78 is 10.4. The number of hydrogen-bond acceptors (Lipinski definition) is 5. The van der Waals surface area contributed by atoms with Crippen molar-refractivity contribution >= 4 is 12.0 Å². The SMILES string of the molecule is COC(=O)N1CCC([C@H](C)NC(=O)c2oc(CC3CC3)nc2C)CC1. The number of ether oxygens (including phenoxy) is 1. The molecule has 1 N–H and O–H groups in total. The Kier molecular flexibility index (Phi) is 5.30. The van der Waals surface area contributed by atoms with Gasteiger partial charge in [0.15, 0.2) is 5.89 Å². The lowest BCUT2D eigenvalue weighted by Gasteiger charge is -2.34. The number of nitrogens with zero attached hydrogens (tertiary/aromatic N) is 2. The fraction of sp³-hybridized carbons (Fsp3) is 0.722. The lowest BCUT2D eigenvalue weighted by Crippen LogP contribution is -2.45. The van der Waals surface area contributed by atoms with Crippen molar-refractivity contribution in [1.82, 2.24) is 15.2 Å². The maximum Gasteiger partial charge on any atom is 0.409 e. The van der Waals surface area contributed by atoms with Gasteiger partial charge in [-0.3, -0.25) is 4.79 Å². The molecule has 3 rings (SSSR count). The number of carbonyl (C=O) groups is 2. The standard InChI is InChI=1S/C18H27N3O4/c1-11(14-6-8-21(9-7-14)18(23)24-3)20-17(22)16-12(2)19-15(25-16)10-13-4-5-13/h11,13-14H,4-10H2,1-3H3,(H,20,22)/t11-/m0/s1. The van der Waals surface area contributed by atoms with Crippen molar-refractivity contribution < 1.29 is 18.7 Å². The number of carbonyl (C=O) groups excluding carboxylic acids is 2. The Labute approximate surface area is 148 Å². The first-order chi connectivity index (χ1) is 12.0. The Morgan fingerprint density at radius 2 is 2.00 bits per heavy atom. The van der Waals surface area contributed by atoms with Gasteiger partial charge in [0, 0.05) is 25.6 Å². The predicted molar refractivity (Wildman–Crippen MR) is 91.3 cm³/mol. The first kappa shape index (κ1) is 17.8. The molecule has 7 nitrogen and oxygen atoms in total. The first-order valence-corrected chi connectivity index (χ1v) is 9.08. The molecule has 7 heteroatoms. The molecule has 0 aromatic carbocycles. The summed E-state index contributed by atoms with van der Waals surface area (Å²) in [5, 5.41) is 3.04. The zero-order valence-electron chi connectivity index (χ0n) is 15.2. The Balaban J connectivity index is 1.52. The fourth-order valence-corrected chi connectivity index (χ4v) is 3.42. The second-order valence-electron chi connectivity index (χ2n) is 7.23. The number of nitrogens with one attached hydrogen (secondary N) is 1. The highest BCUT2D eigenvalue weighted by atomic mass is 16.5. The van der Waals surface area contributed by atoms with Crippen molar-refractivity contribution in [3.8, 4) is 0 Å². The highest BCUT2D eigenvalue weighted by Crippen LogP contribution is 2.32. The molecule has 1 aliphatic carbocycles. The van der Waals surface area contributed by atoms with Crippen molar-refractivity contribution in [2.45, 2.75) is 52.0 Å². The van der Waals surface area contributed by atoms with Gasteiger partial charge in [0.1, 0.15) is 0 Å². The Hall–Kier alpha value is -2.05. The maximum absolute atomic E-state index is 12.5. The van der Waals surface area contributed by atoms with E-state index in [4.69, 9.17) is 9.15 Å². The minimum Gasteiger partial charge on any atom is -0.453 e. The fourth-order valence-electron chi connectivity index (χ4n) is 3.42. The van der Waals surface area contributed by atoms with E-state index in [9.17, 15) is 9.59 Å². The van der Waals surface area contributed by atoms with Gasteiger partial charge in [-0.15, -0.1) is 0 Å². The molecular weight excluding hydrogens is 322 g/mol. The van der Waals surface area contributed by atoms with Crippen LogP contribution in [0.4, 0.5) is 4.79 Å². The van der Waals surface area contributed by atoms with E-state index < -0.39 is 0 Å². The van der Waals surface area contributed by atoms with Crippen LogP contribution >= 0.6 is 0 Å². The minimum absolute atomic E-state index is 0.0173. The number of rotatable bonds is 5. The van der Waals surface area contributed by atoms with Gasteiger partial charge < -0.3 is 19.4 Å². The molecule has 0 unspecified atom stereocenters. The number of aryl methyl sites for hydroxylation is 1. The molecule has 2 heterocycles. The van der Waals surface area contributed by atoms with Crippen molar-refractivity contribution in [3.63, 3.8) is 0 Å². The zero-order chi connectivity index (χ0) is 18.0. The third-order valence-corrected chi connectivity index (χ3v) is 5.25. The van der Waals surface area contributed by atoms with Gasteiger partial charge in [-0.25, -0.2) is 9.78 Å². The van der Waals surface area contributed by atoms with Crippen LogP contribution in [0, 0.1) is 18.8 Å². The molecule has 138 valence electrons.